The maximum Gasteiger partial charge on any atom is 0.0995 e. The van der Waals surface area contributed by atoms with Crippen LogP contribution in [0.5, 0.6) is 0 Å². The van der Waals surface area contributed by atoms with Gasteiger partial charge in [0.05, 0.1) is 17.1 Å². The predicted molar refractivity (Wildman–Crippen MR) is 76.7 cm³/mol. The van der Waals surface area contributed by atoms with Crippen molar-refractivity contribution in [3.63, 3.8) is 0 Å². The lowest BCUT2D eigenvalue weighted by Gasteiger charge is -2.14. The molecule has 0 bridgehead atoms. The van der Waals surface area contributed by atoms with Crippen molar-refractivity contribution >= 4 is 10.9 Å². The maximum absolute atomic E-state index is 9.37. The fourth-order valence-corrected chi connectivity index (χ4v) is 2.59. The SMILES string of the molecule is CC1=C(C)C(c2cc3cccnc3cc2C#N)C=C1. The standard InChI is InChI=1S/C17H14N2/c1-11-5-6-15(12(11)2)16-8-13-4-3-7-19-17(13)9-14(16)10-18/h3-9,15H,1-2H3. The monoisotopic (exact) mass is 246 g/mol. The Morgan fingerprint density at radius 3 is 2.79 bits per heavy atom. The van der Waals surface area contributed by atoms with Crippen LogP contribution < -0.4 is 0 Å². The van der Waals surface area contributed by atoms with Crippen LogP contribution in [0.15, 0.2) is 53.8 Å². The van der Waals surface area contributed by atoms with Crippen LogP contribution in [0, 0.1) is 11.3 Å². The zero-order valence-corrected chi connectivity index (χ0v) is 11.0. The summed E-state index contributed by atoms with van der Waals surface area (Å²) in [6, 6.07) is 10.3. The highest BCUT2D eigenvalue weighted by atomic mass is 14.6. The normalized spacial score (nSPS) is 18.1. The first-order valence-electron chi connectivity index (χ1n) is 6.35. The summed E-state index contributed by atoms with van der Waals surface area (Å²) in [5.41, 5.74) is 5.28. The summed E-state index contributed by atoms with van der Waals surface area (Å²) in [5, 5.41) is 10.5. The number of benzene rings is 1. The van der Waals surface area contributed by atoms with Crippen molar-refractivity contribution in [3.05, 3.63) is 64.9 Å². The molecule has 1 unspecified atom stereocenters. The van der Waals surface area contributed by atoms with Crippen LogP contribution >= 0.6 is 0 Å². The molecule has 1 aromatic heterocycles. The molecule has 0 spiro atoms. The average Bonchev–Trinajstić information content (AvgIpc) is 2.77. The Morgan fingerprint density at radius 1 is 1.26 bits per heavy atom. The van der Waals surface area contributed by atoms with Gasteiger partial charge in [-0.25, -0.2) is 0 Å². The van der Waals surface area contributed by atoms with E-state index in [-0.39, 0.29) is 5.92 Å². The smallest absolute Gasteiger partial charge is 0.0995 e. The van der Waals surface area contributed by atoms with Crippen LogP contribution in [0.3, 0.4) is 0 Å². The number of rotatable bonds is 1. The summed E-state index contributed by atoms with van der Waals surface area (Å²) in [4.78, 5) is 4.31. The topological polar surface area (TPSA) is 36.7 Å². The minimum atomic E-state index is 0.222. The van der Waals surface area contributed by atoms with Gasteiger partial charge in [-0.1, -0.05) is 29.4 Å². The third-order valence-corrected chi connectivity index (χ3v) is 3.86. The Morgan fingerprint density at radius 2 is 2.11 bits per heavy atom. The van der Waals surface area contributed by atoms with Gasteiger partial charge in [-0.15, -0.1) is 0 Å². The lowest BCUT2D eigenvalue weighted by Crippen LogP contribution is -1.99. The van der Waals surface area contributed by atoms with Gasteiger partial charge in [0.1, 0.15) is 0 Å². The zero-order chi connectivity index (χ0) is 13.4. The summed E-state index contributed by atoms with van der Waals surface area (Å²) in [6.07, 6.45) is 6.06. The first kappa shape index (κ1) is 11.7. The van der Waals surface area contributed by atoms with Gasteiger partial charge >= 0.3 is 0 Å². The van der Waals surface area contributed by atoms with Crippen LogP contribution in [0.25, 0.3) is 10.9 Å². The number of pyridine rings is 1. The third-order valence-electron chi connectivity index (χ3n) is 3.86. The fourth-order valence-electron chi connectivity index (χ4n) is 2.59. The van der Waals surface area contributed by atoms with Gasteiger partial charge in [0.15, 0.2) is 0 Å². The molecule has 2 nitrogen and oxygen atoms in total. The molecule has 3 rings (SSSR count). The number of nitrogens with zero attached hydrogens (tertiary/aromatic N) is 2. The molecule has 0 saturated heterocycles. The van der Waals surface area contributed by atoms with E-state index >= 15 is 0 Å². The fraction of sp³-hybridized carbons (Fsp3) is 0.176. The van der Waals surface area contributed by atoms with E-state index in [9.17, 15) is 5.26 Å². The molecule has 1 aromatic carbocycles. The highest BCUT2D eigenvalue weighted by molar-refractivity contribution is 5.81. The van der Waals surface area contributed by atoms with Crippen molar-refractivity contribution in [1.82, 2.24) is 4.98 Å². The molecule has 92 valence electrons. The first-order valence-corrected chi connectivity index (χ1v) is 6.35. The molecule has 1 aliphatic rings. The molecule has 19 heavy (non-hydrogen) atoms. The first-order chi connectivity index (χ1) is 9.20. The van der Waals surface area contributed by atoms with Gasteiger partial charge in [-0.05, 0) is 37.6 Å². The minimum absolute atomic E-state index is 0.222. The summed E-state index contributed by atoms with van der Waals surface area (Å²) >= 11 is 0. The van der Waals surface area contributed by atoms with Crippen molar-refractivity contribution in [3.8, 4) is 6.07 Å². The molecule has 2 heteroatoms. The Balaban J connectivity index is 2.24. The molecular weight excluding hydrogens is 232 g/mol. The van der Waals surface area contributed by atoms with Crippen LogP contribution in [-0.2, 0) is 0 Å². The average molecular weight is 246 g/mol. The molecule has 1 heterocycles. The lowest BCUT2D eigenvalue weighted by molar-refractivity contribution is 0.999. The van der Waals surface area contributed by atoms with Gasteiger partial charge in [0, 0.05) is 17.5 Å². The van der Waals surface area contributed by atoms with Crippen LogP contribution in [0.2, 0.25) is 0 Å². The Hall–Kier alpha value is -2.40. The maximum atomic E-state index is 9.37. The second-order valence-corrected chi connectivity index (χ2v) is 4.95. The Kier molecular flexibility index (Phi) is 2.68. The molecule has 0 amide bonds. The number of aromatic nitrogens is 1. The highest BCUT2D eigenvalue weighted by Gasteiger charge is 2.20. The van der Waals surface area contributed by atoms with E-state index in [1.807, 2.05) is 18.2 Å². The largest absolute Gasteiger partial charge is 0.256 e. The number of hydrogen-bond donors (Lipinski definition) is 0. The van der Waals surface area contributed by atoms with Gasteiger partial charge < -0.3 is 0 Å². The molecule has 0 saturated carbocycles. The van der Waals surface area contributed by atoms with E-state index in [0.29, 0.717) is 0 Å². The minimum Gasteiger partial charge on any atom is -0.256 e. The quantitative estimate of drug-likeness (QED) is 0.759. The molecule has 1 atom stereocenters. The van der Waals surface area contributed by atoms with E-state index in [4.69, 9.17) is 0 Å². The van der Waals surface area contributed by atoms with E-state index in [1.165, 1.54) is 11.1 Å². The van der Waals surface area contributed by atoms with Crippen molar-refractivity contribution in [2.24, 2.45) is 0 Å². The zero-order valence-electron chi connectivity index (χ0n) is 11.0. The third kappa shape index (κ3) is 1.84. The number of allylic oxidation sites excluding steroid dienone is 4. The predicted octanol–water partition coefficient (Wildman–Crippen LogP) is 4.10. The summed E-state index contributed by atoms with van der Waals surface area (Å²) in [5.74, 6) is 0.222. The summed E-state index contributed by atoms with van der Waals surface area (Å²) in [7, 11) is 0. The molecular formula is C17H14N2. The number of hydrogen-bond acceptors (Lipinski definition) is 2. The Labute approximate surface area is 112 Å². The highest BCUT2D eigenvalue weighted by Crippen LogP contribution is 2.36. The second-order valence-electron chi connectivity index (χ2n) is 4.95. The van der Waals surface area contributed by atoms with Gasteiger partial charge in [-0.3, -0.25) is 4.98 Å². The van der Waals surface area contributed by atoms with Crippen molar-refractivity contribution in [2.45, 2.75) is 19.8 Å². The molecule has 2 aromatic rings. The summed E-state index contributed by atoms with van der Waals surface area (Å²) in [6.45, 7) is 4.25. The molecule has 0 N–H and O–H groups in total. The van der Waals surface area contributed by atoms with Crippen LogP contribution in [-0.4, -0.2) is 4.98 Å². The number of nitriles is 1. The van der Waals surface area contributed by atoms with Gasteiger partial charge in [0.25, 0.3) is 0 Å². The van der Waals surface area contributed by atoms with Gasteiger partial charge in [-0.2, -0.15) is 5.26 Å². The van der Waals surface area contributed by atoms with Crippen molar-refractivity contribution < 1.29 is 0 Å². The molecule has 0 fully saturated rings. The summed E-state index contributed by atoms with van der Waals surface area (Å²) < 4.78 is 0. The van der Waals surface area contributed by atoms with Crippen LogP contribution in [0.4, 0.5) is 0 Å². The van der Waals surface area contributed by atoms with E-state index in [1.54, 1.807) is 6.20 Å². The Bertz CT molecular complexity index is 760. The van der Waals surface area contributed by atoms with Crippen molar-refractivity contribution in [2.75, 3.05) is 0 Å². The van der Waals surface area contributed by atoms with E-state index in [2.05, 4.69) is 43.1 Å². The van der Waals surface area contributed by atoms with Crippen LogP contribution in [0.1, 0.15) is 30.9 Å². The lowest BCUT2D eigenvalue weighted by atomic mass is 9.89. The molecule has 0 aliphatic heterocycles. The van der Waals surface area contributed by atoms with Gasteiger partial charge in [0.2, 0.25) is 0 Å². The number of fused-ring (bicyclic) bond motifs is 1. The molecule has 0 radical (unpaired) electrons. The van der Waals surface area contributed by atoms with Crippen molar-refractivity contribution in [1.29, 1.82) is 5.26 Å². The van der Waals surface area contributed by atoms with E-state index < -0.39 is 0 Å². The second kappa shape index (κ2) is 4.37. The van der Waals surface area contributed by atoms with E-state index in [0.717, 1.165) is 22.0 Å². The molecule has 1 aliphatic carbocycles.